The Hall–Kier alpha value is -2.53. The summed E-state index contributed by atoms with van der Waals surface area (Å²) in [5.41, 5.74) is 7.15. The Morgan fingerprint density at radius 1 is 0.571 bits per heavy atom. The van der Waals surface area contributed by atoms with Crippen molar-refractivity contribution < 1.29 is 14.8 Å². The van der Waals surface area contributed by atoms with Gasteiger partial charge in [0.2, 0.25) is 0 Å². The monoisotopic (exact) mass is 502 g/mol. The van der Waals surface area contributed by atoms with Crippen LogP contribution in [0.4, 0.5) is 0 Å². The molecule has 3 nitrogen and oxygen atoms in total. The van der Waals surface area contributed by atoms with Crippen LogP contribution < -0.4 is 21.9 Å². The second-order valence-corrected chi connectivity index (χ2v) is 9.61. The van der Waals surface area contributed by atoms with Crippen LogP contribution in [0.2, 0.25) is 10.0 Å². The van der Waals surface area contributed by atoms with E-state index < -0.39 is 13.8 Å². The maximum atomic E-state index is 10.7. The minimum atomic E-state index is -0.729. The summed E-state index contributed by atoms with van der Waals surface area (Å²) >= 11 is 12.4. The number of aryl methyl sites for hydroxylation is 2. The van der Waals surface area contributed by atoms with Crippen LogP contribution in [-0.4, -0.2) is 23.9 Å². The number of ether oxygens (including phenoxy) is 1. The van der Waals surface area contributed by atoms with Crippen molar-refractivity contribution in [3.05, 3.63) is 117 Å². The summed E-state index contributed by atoms with van der Waals surface area (Å²) in [7, 11) is 0. The summed E-state index contributed by atoms with van der Waals surface area (Å²) in [6, 6.07) is 26.7. The quantitative estimate of drug-likeness (QED) is 0.362. The molecule has 0 saturated carbocycles. The summed E-state index contributed by atoms with van der Waals surface area (Å²) in [6.45, 7) is 3.33. The van der Waals surface area contributed by atoms with Crippen molar-refractivity contribution in [3.8, 4) is 0 Å². The van der Waals surface area contributed by atoms with E-state index in [4.69, 9.17) is 27.9 Å². The first-order valence-corrected chi connectivity index (χ1v) is 12.2. The summed E-state index contributed by atoms with van der Waals surface area (Å²) in [5.74, 6) is 0. The van der Waals surface area contributed by atoms with Crippen molar-refractivity contribution in [2.24, 2.45) is 0 Å². The van der Waals surface area contributed by atoms with Crippen molar-refractivity contribution in [2.75, 3.05) is 0 Å². The average Bonchev–Trinajstić information content (AvgIpc) is 2.87. The molecule has 0 unspecified atom stereocenters. The zero-order chi connectivity index (χ0) is 24.9. The van der Waals surface area contributed by atoms with Crippen LogP contribution >= 0.6 is 23.2 Å². The van der Waals surface area contributed by atoms with Gasteiger partial charge in [0.1, 0.15) is 0 Å². The Kier molecular flexibility index (Phi) is 8.38. The fourth-order valence-corrected chi connectivity index (χ4v) is 4.20. The topological polar surface area (TPSA) is 49.7 Å². The van der Waals surface area contributed by atoms with Crippen molar-refractivity contribution >= 4 is 58.9 Å². The summed E-state index contributed by atoms with van der Waals surface area (Å²) in [6.07, 6.45) is 0. The molecule has 0 aromatic heterocycles. The molecular weight excluding hydrogens is 477 g/mol. The van der Waals surface area contributed by atoms with Gasteiger partial charge in [0.25, 0.3) is 0 Å². The van der Waals surface area contributed by atoms with Crippen molar-refractivity contribution in [1.82, 2.24) is 0 Å². The first-order chi connectivity index (χ1) is 16.8. The van der Waals surface area contributed by atoms with E-state index >= 15 is 0 Å². The van der Waals surface area contributed by atoms with Crippen LogP contribution in [0.25, 0.3) is 0 Å². The zero-order valence-electron chi connectivity index (χ0n) is 19.7. The molecule has 0 aliphatic rings. The highest BCUT2D eigenvalue weighted by atomic mass is 35.5. The number of hydrogen-bond donors (Lipinski definition) is 2. The van der Waals surface area contributed by atoms with Gasteiger partial charge in [-0.2, -0.15) is 0 Å². The van der Waals surface area contributed by atoms with E-state index in [2.05, 4.69) is 0 Å². The highest BCUT2D eigenvalue weighted by molar-refractivity contribution is 6.79. The zero-order valence-corrected chi connectivity index (χ0v) is 21.2. The lowest BCUT2D eigenvalue weighted by Gasteiger charge is -2.11. The molecule has 176 valence electrons. The number of benzene rings is 4. The van der Waals surface area contributed by atoms with Gasteiger partial charge in [-0.05, 0) is 70.1 Å². The molecule has 0 spiro atoms. The molecule has 0 radical (unpaired) electrons. The van der Waals surface area contributed by atoms with Gasteiger partial charge in [0, 0.05) is 10.0 Å². The number of rotatable bonds is 8. The largest absolute Gasteiger partial charge is 0.443 e. The number of halogens is 2. The average molecular weight is 503 g/mol. The number of hydrogen-bond acceptors (Lipinski definition) is 3. The highest BCUT2D eigenvalue weighted by Crippen LogP contribution is 2.13. The van der Waals surface area contributed by atoms with Crippen LogP contribution in [0.5, 0.6) is 0 Å². The van der Waals surface area contributed by atoms with Crippen LogP contribution in [0, 0.1) is 13.8 Å². The summed E-state index contributed by atoms with van der Waals surface area (Å²) in [4.78, 5) is 0. The van der Waals surface area contributed by atoms with Gasteiger partial charge >= 0.3 is 13.8 Å². The van der Waals surface area contributed by atoms with Crippen molar-refractivity contribution in [2.45, 2.75) is 27.1 Å². The van der Waals surface area contributed by atoms with Gasteiger partial charge in [-0.25, -0.2) is 0 Å². The molecule has 35 heavy (non-hydrogen) atoms. The molecule has 4 rings (SSSR count). The van der Waals surface area contributed by atoms with E-state index in [1.807, 2.05) is 86.6 Å². The third-order valence-electron chi connectivity index (χ3n) is 6.15. The Balaban J connectivity index is 1.31. The Bertz CT molecular complexity index is 1190. The van der Waals surface area contributed by atoms with E-state index in [0.29, 0.717) is 23.3 Å². The van der Waals surface area contributed by atoms with Crippen LogP contribution in [-0.2, 0) is 18.0 Å². The van der Waals surface area contributed by atoms with E-state index in [-0.39, 0.29) is 0 Å². The molecule has 0 heterocycles. The smallest absolute Gasteiger partial charge is 0.359 e. The fourth-order valence-electron chi connectivity index (χ4n) is 3.82. The second kappa shape index (κ2) is 11.5. The molecule has 4 aromatic rings. The molecule has 2 N–H and O–H groups in total. The lowest BCUT2D eigenvalue weighted by Crippen LogP contribution is -2.42. The van der Waals surface area contributed by atoms with E-state index in [0.717, 1.165) is 44.1 Å². The fraction of sp³-hybridized carbons (Fsp3) is 0.143. The van der Waals surface area contributed by atoms with Crippen LogP contribution in [0.3, 0.4) is 0 Å². The minimum Gasteiger partial charge on any atom is -0.443 e. The van der Waals surface area contributed by atoms with Gasteiger partial charge in [-0.3, -0.25) is 0 Å². The first-order valence-electron chi connectivity index (χ1n) is 11.5. The molecule has 7 heteroatoms. The Labute approximate surface area is 217 Å². The van der Waals surface area contributed by atoms with Gasteiger partial charge in [0.05, 0.1) is 13.2 Å². The van der Waals surface area contributed by atoms with Gasteiger partial charge in [-0.15, -0.1) is 0 Å². The van der Waals surface area contributed by atoms with E-state index in [1.54, 1.807) is 12.1 Å². The molecular formula is C28H26B2Cl2O3. The van der Waals surface area contributed by atoms with E-state index in [9.17, 15) is 10.0 Å². The second-order valence-electron chi connectivity index (χ2n) is 8.80. The maximum absolute atomic E-state index is 10.7. The third kappa shape index (κ3) is 6.38. The third-order valence-corrected chi connectivity index (χ3v) is 6.97. The lowest BCUT2D eigenvalue weighted by molar-refractivity contribution is 0.107. The van der Waals surface area contributed by atoms with Crippen LogP contribution in [0.15, 0.2) is 84.9 Å². The summed E-state index contributed by atoms with van der Waals surface area (Å²) < 4.78 is 5.87. The van der Waals surface area contributed by atoms with Crippen molar-refractivity contribution in [1.29, 1.82) is 0 Å². The highest BCUT2D eigenvalue weighted by Gasteiger charge is 2.19. The predicted molar refractivity (Wildman–Crippen MR) is 148 cm³/mol. The standard InChI is InChI=1S/C28H26B2Cl2O3/c1-19-3-9-25(15-27(19)31)29(33)23-11-5-21(6-12-23)17-35-18-22-7-13-24(14-8-22)30(34)26-10-4-20(2)28(32)16-26/h3-16,33-34H,17-18H2,1-2H3. The lowest BCUT2D eigenvalue weighted by atomic mass is 9.56. The predicted octanol–water partition coefficient (Wildman–Crippen LogP) is 3.52. The van der Waals surface area contributed by atoms with Crippen molar-refractivity contribution in [3.63, 3.8) is 0 Å². The van der Waals surface area contributed by atoms with Gasteiger partial charge in [-0.1, -0.05) is 96.0 Å². The minimum absolute atomic E-state index is 0.457. The molecule has 0 fully saturated rings. The summed E-state index contributed by atoms with van der Waals surface area (Å²) in [5, 5.41) is 22.6. The van der Waals surface area contributed by atoms with E-state index in [1.165, 1.54) is 0 Å². The molecule has 0 atom stereocenters. The molecule has 0 aliphatic carbocycles. The molecule has 0 aliphatic heterocycles. The molecule has 0 bridgehead atoms. The normalized spacial score (nSPS) is 10.9. The maximum Gasteiger partial charge on any atom is 0.359 e. The molecule has 0 saturated heterocycles. The van der Waals surface area contributed by atoms with Gasteiger partial charge < -0.3 is 14.8 Å². The SMILES string of the molecule is Cc1ccc(B(O)c2ccc(COCc3ccc(B(O)c4ccc(C)c(Cl)c4)cc3)cc2)cc1Cl. The molecule has 4 aromatic carbocycles. The van der Waals surface area contributed by atoms with Crippen LogP contribution in [0.1, 0.15) is 22.3 Å². The van der Waals surface area contributed by atoms with Gasteiger partial charge in [0.15, 0.2) is 0 Å². The Morgan fingerprint density at radius 2 is 0.914 bits per heavy atom. The molecule has 0 amide bonds. The first kappa shape index (κ1) is 25.6. The Morgan fingerprint density at radius 3 is 1.26 bits per heavy atom.